The molecule has 1 aliphatic rings. The Morgan fingerprint density at radius 2 is 1.72 bits per heavy atom. The number of aliphatic carboxylic acids is 1. The molecule has 168 valence electrons. The van der Waals surface area contributed by atoms with E-state index in [0.29, 0.717) is 23.4 Å². The van der Waals surface area contributed by atoms with Gasteiger partial charge in [0.05, 0.1) is 11.4 Å². The van der Waals surface area contributed by atoms with Gasteiger partial charge in [0, 0.05) is 0 Å². The predicted octanol–water partition coefficient (Wildman–Crippen LogP) is 2.51. The first-order valence-corrected chi connectivity index (χ1v) is 10.4. The second-order valence-corrected chi connectivity index (χ2v) is 7.65. The van der Waals surface area contributed by atoms with E-state index < -0.39 is 30.0 Å². The van der Waals surface area contributed by atoms with E-state index in [1.165, 1.54) is 4.90 Å². The average Bonchev–Trinajstić information content (AvgIpc) is 2.79. The van der Waals surface area contributed by atoms with Gasteiger partial charge in [-0.2, -0.15) is 0 Å². The molecule has 0 aromatic heterocycles. The maximum Gasteiger partial charge on any atom is 0.330 e. The summed E-state index contributed by atoms with van der Waals surface area (Å²) in [7, 11) is 0. The van der Waals surface area contributed by atoms with E-state index in [-0.39, 0.29) is 18.4 Å². The summed E-state index contributed by atoms with van der Waals surface area (Å²) in [6.45, 7) is 3.46. The van der Waals surface area contributed by atoms with Crippen LogP contribution in [0, 0.1) is 5.92 Å². The van der Waals surface area contributed by atoms with E-state index >= 15 is 0 Å². The number of hydrogen-bond acceptors (Lipinski definition) is 4. The zero-order valence-corrected chi connectivity index (χ0v) is 17.9. The molecule has 3 atom stereocenters. The number of urea groups is 1. The molecular formula is C23H26N4O5. The molecule has 0 bridgehead atoms. The summed E-state index contributed by atoms with van der Waals surface area (Å²) in [6.07, 6.45) is 0.568. The quantitative estimate of drug-likeness (QED) is 0.528. The second-order valence-electron chi connectivity index (χ2n) is 7.65. The molecule has 0 saturated heterocycles. The monoisotopic (exact) mass is 438 g/mol. The highest BCUT2D eigenvalue weighted by atomic mass is 16.4. The lowest BCUT2D eigenvalue weighted by Gasteiger charge is -2.32. The van der Waals surface area contributed by atoms with Crippen LogP contribution in [0.15, 0.2) is 54.6 Å². The van der Waals surface area contributed by atoms with Gasteiger partial charge in [-0.1, -0.05) is 62.7 Å². The van der Waals surface area contributed by atoms with E-state index in [4.69, 9.17) is 0 Å². The molecule has 0 saturated carbocycles. The summed E-state index contributed by atoms with van der Waals surface area (Å²) in [5.74, 6) is -2.45. The van der Waals surface area contributed by atoms with Gasteiger partial charge in [-0.05, 0) is 23.6 Å². The molecule has 9 nitrogen and oxygen atoms in total. The van der Waals surface area contributed by atoms with Gasteiger partial charge in [0.1, 0.15) is 12.6 Å². The Morgan fingerprint density at radius 3 is 2.38 bits per heavy atom. The number of amides is 4. The van der Waals surface area contributed by atoms with Crippen molar-refractivity contribution in [1.82, 2.24) is 10.6 Å². The lowest BCUT2D eigenvalue weighted by Crippen LogP contribution is -2.56. The maximum absolute atomic E-state index is 13.1. The summed E-state index contributed by atoms with van der Waals surface area (Å²) in [5, 5.41) is 17.6. The van der Waals surface area contributed by atoms with Gasteiger partial charge in [0.25, 0.3) is 0 Å². The van der Waals surface area contributed by atoms with Gasteiger partial charge in [-0.3, -0.25) is 14.5 Å². The van der Waals surface area contributed by atoms with Crippen LogP contribution < -0.4 is 20.9 Å². The molecule has 32 heavy (non-hydrogen) atoms. The van der Waals surface area contributed by atoms with Crippen LogP contribution in [0.4, 0.5) is 16.2 Å². The Morgan fingerprint density at radius 1 is 1.06 bits per heavy atom. The summed E-state index contributed by atoms with van der Waals surface area (Å²) in [4.78, 5) is 51.2. The van der Waals surface area contributed by atoms with Gasteiger partial charge in [-0.25, -0.2) is 9.59 Å². The van der Waals surface area contributed by atoms with Crippen molar-refractivity contribution >= 4 is 35.2 Å². The Kier molecular flexibility index (Phi) is 7.09. The number of carbonyl (C=O) groups is 4. The third kappa shape index (κ3) is 5.05. The summed E-state index contributed by atoms with van der Waals surface area (Å²) in [5.41, 5.74) is 1.43. The topological polar surface area (TPSA) is 128 Å². The van der Waals surface area contributed by atoms with Gasteiger partial charge < -0.3 is 21.1 Å². The largest absolute Gasteiger partial charge is 0.479 e. The van der Waals surface area contributed by atoms with Crippen molar-refractivity contribution in [1.29, 1.82) is 0 Å². The Bertz CT molecular complexity index is 1010. The second kappa shape index (κ2) is 9.95. The summed E-state index contributed by atoms with van der Waals surface area (Å²) >= 11 is 0. The van der Waals surface area contributed by atoms with Crippen LogP contribution in [0.25, 0.3) is 0 Å². The minimum atomic E-state index is -1.26. The first-order valence-electron chi connectivity index (χ1n) is 10.4. The van der Waals surface area contributed by atoms with E-state index in [0.717, 1.165) is 0 Å². The number of hydrogen-bond donors (Lipinski definition) is 4. The number of rotatable bonds is 7. The van der Waals surface area contributed by atoms with Crippen molar-refractivity contribution in [3.05, 3.63) is 60.2 Å². The molecule has 3 rings (SSSR count). The number of nitrogens with zero attached hydrogens (tertiary/aromatic N) is 1. The SMILES string of the molecule is CCC(C)[C@H](NC(=O)N1CC(=O)Nc2ccccc21)C(=O)N[C@@H](C(=O)O)c1ccccc1. The Labute approximate surface area is 185 Å². The van der Waals surface area contributed by atoms with Gasteiger partial charge in [-0.15, -0.1) is 0 Å². The number of carboxylic acid groups (broad SMARTS) is 1. The van der Waals surface area contributed by atoms with E-state index in [1.54, 1.807) is 61.5 Å². The van der Waals surface area contributed by atoms with Crippen molar-refractivity contribution in [3.8, 4) is 0 Å². The van der Waals surface area contributed by atoms with E-state index in [1.807, 2.05) is 6.92 Å². The van der Waals surface area contributed by atoms with Crippen molar-refractivity contribution in [2.75, 3.05) is 16.8 Å². The highest BCUT2D eigenvalue weighted by Crippen LogP contribution is 2.29. The van der Waals surface area contributed by atoms with Crippen molar-refractivity contribution in [2.24, 2.45) is 5.92 Å². The van der Waals surface area contributed by atoms with E-state index in [9.17, 15) is 24.3 Å². The number of carboxylic acids is 1. The van der Waals surface area contributed by atoms with Crippen molar-refractivity contribution in [3.63, 3.8) is 0 Å². The van der Waals surface area contributed by atoms with Crippen LogP contribution >= 0.6 is 0 Å². The van der Waals surface area contributed by atoms with Crippen molar-refractivity contribution < 1.29 is 24.3 Å². The molecular weight excluding hydrogens is 412 g/mol. The first kappa shape index (κ1) is 22.8. The van der Waals surface area contributed by atoms with Gasteiger partial charge in [0.15, 0.2) is 6.04 Å². The van der Waals surface area contributed by atoms with Gasteiger partial charge in [0.2, 0.25) is 11.8 Å². The van der Waals surface area contributed by atoms with Crippen LogP contribution in [-0.2, 0) is 14.4 Å². The van der Waals surface area contributed by atoms with Crippen LogP contribution in [0.5, 0.6) is 0 Å². The minimum Gasteiger partial charge on any atom is -0.479 e. The molecule has 1 aliphatic heterocycles. The molecule has 0 spiro atoms. The molecule has 2 aromatic carbocycles. The fourth-order valence-electron chi connectivity index (χ4n) is 3.49. The number of carbonyl (C=O) groups excluding carboxylic acids is 3. The fourth-order valence-corrected chi connectivity index (χ4v) is 3.49. The minimum absolute atomic E-state index is 0.195. The number of nitrogens with one attached hydrogen (secondary N) is 3. The van der Waals surface area contributed by atoms with Crippen LogP contribution in [0.3, 0.4) is 0 Å². The number of para-hydroxylation sites is 2. The fraction of sp³-hybridized carbons (Fsp3) is 0.304. The molecule has 1 heterocycles. The Hall–Kier alpha value is -3.88. The van der Waals surface area contributed by atoms with Crippen LogP contribution in [0.2, 0.25) is 0 Å². The Balaban J connectivity index is 1.81. The lowest BCUT2D eigenvalue weighted by atomic mass is 9.97. The molecule has 4 N–H and O–H groups in total. The molecule has 4 amide bonds. The van der Waals surface area contributed by atoms with Gasteiger partial charge >= 0.3 is 12.0 Å². The highest BCUT2D eigenvalue weighted by molar-refractivity contribution is 6.10. The number of anilines is 2. The summed E-state index contributed by atoms with van der Waals surface area (Å²) < 4.78 is 0. The predicted molar refractivity (Wildman–Crippen MR) is 119 cm³/mol. The van der Waals surface area contributed by atoms with Crippen LogP contribution in [0.1, 0.15) is 31.9 Å². The molecule has 2 aromatic rings. The smallest absolute Gasteiger partial charge is 0.330 e. The summed E-state index contributed by atoms with van der Waals surface area (Å²) in [6, 6.07) is 12.3. The highest BCUT2D eigenvalue weighted by Gasteiger charge is 2.33. The van der Waals surface area contributed by atoms with Crippen LogP contribution in [-0.4, -0.2) is 41.5 Å². The molecule has 0 radical (unpaired) electrons. The van der Waals surface area contributed by atoms with Crippen molar-refractivity contribution in [2.45, 2.75) is 32.4 Å². The first-order chi connectivity index (χ1) is 15.3. The molecule has 0 fully saturated rings. The third-order valence-corrected chi connectivity index (χ3v) is 5.46. The third-order valence-electron chi connectivity index (χ3n) is 5.46. The number of benzene rings is 2. The maximum atomic E-state index is 13.1. The zero-order valence-electron chi connectivity index (χ0n) is 17.9. The molecule has 1 unspecified atom stereocenters. The molecule has 9 heteroatoms. The molecule has 0 aliphatic carbocycles. The average molecular weight is 438 g/mol. The normalized spacial score (nSPS) is 15.6. The zero-order chi connectivity index (χ0) is 23.3. The van der Waals surface area contributed by atoms with E-state index in [2.05, 4.69) is 16.0 Å². The number of fused-ring (bicyclic) bond motifs is 1. The lowest BCUT2D eigenvalue weighted by molar-refractivity contribution is -0.142. The standard InChI is InChI=1S/C23H26N4O5/c1-3-14(2)19(21(29)25-20(22(30)31)15-9-5-4-6-10-15)26-23(32)27-13-18(28)24-16-11-7-8-12-17(16)27/h4-12,14,19-20H,3,13H2,1-2H3,(H,24,28)(H,25,29)(H,26,32)(H,30,31)/t14?,19-,20+/m0/s1.